The lowest BCUT2D eigenvalue weighted by Crippen LogP contribution is -2.35. The first kappa shape index (κ1) is 12.7. The van der Waals surface area contributed by atoms with Gasteiger partial charge in [-0.15, -0.1) is 11.8 Å². The molecule has 0 atom stereocenters. The molecule has 0 bridgehead atoms. The second-order valence-electron chi connectivity index (χ2n) is 3.76. The van der Waals surface area contributed by atoms with Crippen LogP contribution in [-0.4, -0.2) is 35.7 Å². The summed E-state index contributed by atoms with van der Waals surface area (Å²) in [6.45, 7) is 0.827. The molecule has 1 aromatic rings. The number of nitrogen functional groups attached to an aromatic ring is 1. The molecular formula is C11H12FN3O2S. The standard InChI is InChI=1S/C11H12FN3O2S/c12-8-5-7(13)1-2-9(8)18-6-10(16)15-4-3-14-11(15)17/h1-2,5H,3-4,6,13H2,(H,14,17). The highest BCUT2D eigenvalue weighted by atomic mass is 32.2. The summed E-state index contributed by atoms with van der Waals surface area (Å²) in [5.74, 6) is -0.765. The molecule has 0 radical (unpaired) electrons. The third-order valence-corrected chi connectivity index (χ3v) is 3.50. The number of benzene rings is 1. The molecule has 1 saturated heterocycles. The lowest BCUT2D eigenvalue weighted by atomic mass is 10.3. The second kappa shape index (κ2) is 5.26. The molecule has 3 N–H and O–H groups in total. The molecule has 5 nitrogen and oxygen atoms in total. The van der Waals surface area contributed by atoms with Crippen molar-refractivity contribution in [1.29, 1.82) is 0 Å². The fourth-order valence-electron chi connectivity index (χ4n) is 1.56. The van der Waals surface area contributed by atoms with E-state index in [1.165, 1.54) is 12.1 Å². The molecule has 0 unspecified atom stereocenters. The Morgan fingerprint density at radius 1 is 1.56 bits per heavy atom. The number of hydrogen-bond donors (Lipinski definition) is 2. The summed E-state index contributed by atoms with van der Waals surface area (Å²) in [7, 11) is 0. The van der Waals surface area contributed by atoms with Gasteiger partial charge in [-0.2, -0.15) is 0 Å². The minimum absolute atomic E-state index is 0.0221. The van der Waals surface area contributed by atoms with Gasteiger partial charge < -0.3 is 11.1 Å². The largest absolute Gasteiger partial charge is 0.399 e. The number of carbonyl (C=O) groups is 2. The summed E-state index contributed by atoms with van der Waals surface area (Å²) in [6.07, 6.45) is 0. The summed E-state index contributed by atoms with van der Waals surface area (Å²) in [5, 5.41) is 2.53. The molecule has 7 heteroatoms. The van der Waals surface area contributed by atoms with E-state index >= 15 is 0 Å². The van der Waals surface area contributed by atoms with Gasteiger partial charge in [0.2, 0.25) is 5.91 Å². The van der Waals surface area contributed by atoms with Gasteiger partial charge in [-0.1, -0.05) is 0 Å². The van der Waals surface area contributed by atoms with Crippen LogP contribution in [0.5, 0.6) is 0 Å². The number of thioether (sulfide) groups is 1. The zero-order valence-corrected chi connectivity index (χ0v) is 10.3. The van der Waals surface area contributed by atoms with Crippen LogP contribution < -0.4 is 11.1 Å². The van der Waals surface area contributed by atoms with Crippen molar-refractivity contribution in [2.24, 2.45) is 0 Å². The summed E-state index contributed by atoms with van der Waals surface area (Å²) >= 11 is 1.05. The first-order valence-corrected chi connectivity index (χ1v) is 6.32. The number of amides is 3. The van der Waals surface area contributed by atoms with Crippen LogP contribution in [-0.2, 0) is 4.79 Å². The molecule has 0 aliphatic carbocycles. The molecule has 1 fully saturated rings. The number of halogens is 1. The van der Waals surface area contributed by atoms with Crippen molar-refractivity contribution in [3.8, 4) is 0 Å². The Labute approximate surface area is 108 Å². The fraction of sp³-hybridized carbons (Fsp3) is 0.273. The predicted molar refractivity (Wildman–Crippen MR) is 66.6 cm³/mol. The smallest absolute Gasteiger partial charge is 0.324 e. The Hall–Kier alpha value is -1.76. The van der Waals surface area contributed by atoms with E-state index in [1.807, 2.05) is 0 Å². The van der Waals surface area contributed by atoms with Gasteiger partial charge in [-0.25, -0.2) is 9.18 Å². The van der Waals surface area contributed by atoms with E-state index < -0.39 is 11.8 Å². The molecule has 1 heterocycles. The monoisotopic (exact) mass is 269 g/mol. The van der Waals surface area contributed by atoms with Crippen LogP contribution in [0.2, 0.25) is 0 Å². The molecule has 96 valence electrons. The third kappa shape index (κ3) is 2.73. The molecule has 1 aliphatic rings. The Morgan fingerprint density at radius 3 is 2.94 bits per heavy atom. The topological polar surface area (TPSA) is 75.4 Å². The highest BCUT2D eigenvalue weighted by molar-refractivity contribution is 8.00. The van der Waals surface area contributed by atoms with E-state index in [1.54, 1.807) is 6.07 Å². The Balaban J connectivity index is 1.95. The van der Waals surface area contributed by atoms with Gasteiger partial charge >= 0.3 is 6.03 Å². The third-order valence-electron chi connectivity index (χ3n) is 2.46. The summed E-state index contributed by atoms with van der Waals surface area (Å²) in [5.41, 5.74) is 5.76. The number of hydrogen-bond acceptors (Lipinski definition) is 4. The predicted octanol–water partition coefficient (Wildman–Crippen LogP) is 1.05. The maximum Gasteiger partial charge on any atom is 0.324 e. The minimum atomic E-state index is -0.460. The van der Waals surface area contributed by atoms with Crippen molar-refractivity contribution in [1.82, 2.24) is 10.2 Å². The number of nitrogens with one attached hydrogen (secondary N) is 1. The molecule has 1 aromatic carbocycles. The van der Waals surface area contributed by atoms with Gasteiger partial charge in [0.25, 0.3) is 0 Å². The normalized spacial score (nSPS) is 14.7. The Bertz CT molecular complexity index is 495. The van der Waals surface area contributed by atoms with Crippen molar-refractivity contribution < 1.29 is 14.0 Å². The van der Waals surface area contributed by atoms with E-state index in [0.29, 0.717) is 23.7 Å². The molecule has 18 heavy (non-hydrogen) atoms. The minimum Gasteiger partial charge on any atom is -0.399 e. The summed E-state index contributed by atoms with van der Waals surface area (Å²) in [4.78, 5) is 24.4. The number of carbonyl (C=O) groups excluding carboxylic acids is 2. The van der Waals surface area contributed by atoms with Crippen LogP contribution in [0, 0.1) is 5.82 Å². The molecule has 1 aliphatic heterocycles. The van der Waals surface area contributed by atoms with Crippen LogP contribution in [0.15, 0.2) is 23.1 Å². The van der Waals surface area contributed by atoms with Crippen LogP contribution >= 0.6 is 11.8 Å². The first-order chi connectivity index (χ1) is 8.58. The highest BCUT2D eigenvalue weighted by Gasteiger charge is 2.25. The van der Waals surface area contributed by atoms with Crippen molar-refractivity contribution in [3.05, 3.63) is 24.0 Å². The van der Waals surface area contributed by atoms with Crippen LogP contribution in [0.4, 0.5) is 14.9 Å². The van der Waals surface area contributed by atoms with Crippen LogP contribution in [0.1, 0.15) is 0 Å². The first-order valence-electron chi connectivity index (χ1n) is 5.34. The fourth-order valence-corrected chi connectivity index (χ4v) is 2.36. The van der Waals surface area contributed by atoms with Gasteiger partial charge in [-0.05, 0) is 18.2 Å². The van der Waals surface area contributed by atoms with E-state index in [9.17, 15) is 14.0 Å². The van der Waals surface area contributed by atoms with E-state index in [4.69, 9.17) is 5.73 Å². The van der Waals surface area contributed by atoms with Gasteiger partial charge in [0.1, 0.15) is 5.82 Å². The molecule has 3 amide bonds. The molecular weight excluding hydrogens is 257 g/mol. The lowest BCUT2D eigenvalue weighted by molar-refractivity contribution is -0.124. The Kier molecular flexibility index (Phi) is 3.71. The zero-order valence-electron chi connectivity index (χ0n) is 9.48. The van der Waals surface area contributed by atoms with Crippen LogP contribution in [0.3, 0.4) is 0 Å². The van der Waals surface area contributed by atoms with Gasteiger partial charge in [-0.3, -0.25) is 9.69 Å². The summed E-state index contributed by atoms with van der Waals surface area (Å²) < 4.78 is 13.4. The van der Waals surface area contributed by atoms with Gasteiger partial charge in [0, 0.05) is 23.7 Å². The van der Waals surface area contributed by atoms with Crippen molar-refractivity contribution in [3.63, 3.8) is 0 Å². The molecule has 2 rings (SSSR count). The van der Waals surface area contributed by atoms with E-state index in [0.717, 1.165) is 16.7 Å². The average Bonchev–Trinajstić information content (AvgIpc) is 2.74. The quantitative estimate of drug-likeness (QED) is 0.635. The van der Waals surface area contributed by atoms with E-state index in [-0.39, 0.29) is 11.7 Å². The van der Waals surface area contributed by atoms with Crippen molar-refractivity contribution >= 4 is 29.4 Å². The number of nitrogens with zero attached hydrogens (tertiary/aromatic N) is 1. The maximum absolute atomic E-state index is 13.4. The Morgan fingerprint density at radius 2 is 2.33 bits per heavy atom. The summed E-state index contributed by atoms with van der Waals surface area (Å²) in [6, 6.07) is 3.90. The van der Waals surface area contributed by atoms with Gasteiger partial charge in [0.15, 0.2) is 0 Å². The van der Waals surface area contributed by atoms with Gasteiger partial charge in [0.05, 0.1) is 5.75 Å². The maximum atomic E-state index is 13.4. The zero-order chi connectivity index (χ0) is 13.1. The lowest BCUT2D eigenvalue weighted by Gasteiger charge is -2.11. The second-order valence-corrected chi connectivity index (χ2v) is 4.77. The number of anilines is 1. The highest BCUT2D eigenvalue weighted by Crippen LogP contribution is 2.23. The number of nitrogens with two attached hydrogens (primary N) is 1. The number of urea groups is 1. The van der Waals surface area contributed by atoms with Crippen LogP contribution in [0.25, 0.3) is 0 Å². The molecule has 0 spiro atoms. The average molecular weight is 269 g/mol. The molecule has 0 aromatic heterocycles. The van der Waals surface area contributed by atoms with E-state index in [2.05, 4.69) is 5.32 Å². The number of imide groups is 1. The van der Waals surface area contributed by atoms with Crippen molar-refractivity contribution in [2.75, 3.05) is 24.6 Å². The van der Waals surface area contributed by atoms with Crippen molar-refractivity contribution in [2.45, 2.75) is 4.90 Å². The SMILES string of the molecule is Nc1ccc(SCC(=O)N2CCNC2=O)c(F)c1. The molecule has 0 saturated carbocycles. The number of rotatable bonds is 3.